The van der Waals surface area contributed by atoms with Crippen molar-refractivity contribution in [1.82, 2.24) is 4.57 Å². The number of benzene rings is 2. The molecule has 0 fully saturated rings. The second kappa shape index (κ2) is 5.87. The van der Waals surface area contributed by atoms with Crippen LogP contribution in [0.25, 0.3) is 10.9 Å². The molecule has 0 N–H and O–H groups in total. The summed E-state index contributed by atoms with van der Waals surface area (Å²) in [6, 6.07) is 15.8. The number of rotatable bonds is 1. The Labute approximate surface area is 149 Å². The van der Waals surface area contributed by atoms with Crippen LogP contribution in [0.3, 0.4) is 0 Å². The fraction of sp³-hybridized carbons (Fsp3) is 0.348. The smallest absolute Gasteiger partial charge is 0.0886 e. The van der Waals surface area contributed by atoms with E-state index in [9.17, 15) is 0 Å². The Morgan fingerprint density at radius 3 is 2.68 bits per heavy atom. The molecule has 0 saturated carbocycles. The van der Waals surface area contributed by atoms with Gasteiger partial charge in [0.05, 0.1) is 16.9 Å². The largest absolute Gasteiger partial charge is 0.339 e. The lowest BCUT2D eigenvalue weighted by Gasteiger charge is -2.20. The van der Waals surface area contributed by atoms with Gasteiger partial charge in [-0.15, -0.1) is 0 Å². The third kappa shape index (κ3) is 2.35. The van der Waals surface area contributed by atoms with Crippen LogP contribution in [0, 0.1) is 6.92 Å². The van der Waals surface area contributed by atoms with Gasteiger partial charge >= 0.3 is 0 Å². The fourth-order valence-electron chi connectivity index (χ4n) is 4.56. The zero-order valence-corrected chi connectivity index (χ0v) is 14.9. The van der Waals surface area contributed by atoms with Gasteiger partial charge in [0.2, 0.25) is 0 Å². The Morgan fingerprint density at radius 1 is 0.920 bits per heavy atom. The van der Waals surface area contributed by atoms with Crippen molar-refractivity contribution >= 4 is 16.6 Å². The number of nitrogens with zero attached hydrogens (tertiary/aromatic N) is 2. The minimum Gasteiger partial charge on any atom is -0.339 e. The van der Waals surface area contributed by atoms with E-state index < -0.39 is 0 Å². The standard InChI is InChI=1S/C23H24N2/c1-16-9-11-17(12-10-16)21-23-20(13-14-24-21)19-8-5-7-18-6-3-2-4-15-25(23)22(18)19/h5,7-12H,2-4,6,13-15H2,1H3. The fourth-order valence-corrected chi connectivity index (χ4v) is 4.56. The lowest BCUT2D eigenvalue weighted by Crippen LogP contribution is -2.19. The lowest BCUT2D eigenvalue weighted by molar-refractivity contribution is 0.581. The summed E-state index contributed by atoms with van der Waals surface area (Å²) >= 11 is 0. The number of para-hydroxylation sites is 1. The van der Waals surface area contributed by atoms with E-state index >= 15 is 0 Å². The van der Waals surface area contributed by atoms with Crippen LogP contribution >= 0.6 is 0 Å². The van der Waals surface area contributed by atoms with Crippen molar-refractivity contribution in [3.8, 4) is 0 Å². The van der Waals surface area contributed by atoms with Crippen molar-refractivity contribution in [2.45, 2.75) is 45.6 Å². The number of aromatic nitrogens is 1. The Bertz CT molecular complexity index is 973. The summed E-state index contributed by atoms with van der Waals surface area (Å²) in [4.78, 5) is 4.98. The van der Waals surface area contributed by atoms with Crippen molar-refractivity contribution in [2.24, 2.45) is 4.99 Å². The zero-order chi connectivity index (χ0) is 16.8. The van der Waals surface area contributed by atoms with Gasteiger partial charge in [-0.3, -0.25) is 4.99 Å². The average Bonchev–Trinajstić information content (AvgIpc) is 2.94. The molecule has 0 atom stereocenters. The molecule has 3 aromatic rings. The van der Waals surface area contributed by atoms with Gasteiger partial charge in [-0.05, 0) is 43.7 Å². The van der Waals surface area contributed by atoms with E-state index in [0.717, 1.165) is 19.5 Å². The Morgan fingerprint density at radius 2 is 1.80 bits per heavy atom. The summed E-state index contributed by atoms with van der Waals surface area (Å²) in [5, 5.41) is 1.47. The van der Waals surface area contributed by atoms with Gasteiger partial charge in [-0.25, -0.2) is 0 Å². The first-order chi connectivity index (χ1) is 12.3. The second-order valence-corrected chi connectivity index (χ2v) is 7.45. The van der Waals surface area contributed by atoms with Gasteiger partial charge in [0, 0.05) is 24.0 Å². The third-order valence-electron chi connectivity index (χ3n) is 5.78. The molecule has 0 radical (unpaired) electrons. The summed E-state index contributed by atoms with van der Waals surface area (Å²) in [5.74, 6) is 0. The van der Waals surface area contributed by atoms with Crippen molar-refractivity contribution in [2.75, 3.05) is 6.54 Å². The predicted octanol–water partition coefficient (Wildman–Crippen LogP) is 5.07. The molecule has 0 amide bonds. The molecule has 0 saturated heterocycles. The molecule has 0 aliphatic carbocycles. The van der Waals surface area contributed by atoms with E-state index in [1.807, 2.05) is 0 Å². The van der Waals surface area contributed by atoms with E-state index in [2.05, 4.69) is 54.0 Å². The highest BCUT2D eigenvalue weighted by atomic mass is 15.0. The quantitative estimate of drug-likeness (QED) is 0.593. The number of hydrogen-bond acceptors (Lipinski definition) is 1. The molecule has 3 heterocycles. The second-order valence-electron chi connectivity index (χ2n) is 7.45. The van der Waals surface area contributed by atoms with Crippen LogP contribution in [-0.4, -0.2) is 16.8 Å². The van der Waals surface area contributed by atoms with Crippen LogP contribution in [-0.2, 0) is 19.4 Å². The maximum Gasteiger partial charge on any atom is 0.0886 e. The third-order valence-corrected chi connectivity index (χ3v) is 5.78. The molecule has 0 unspecified atom stereocenters. The van der Waals surface area contributed by atoms with Crippen molar-refractivity contribution in [1.29, 1.82) is 0 Å². The predicted molar refractivity (Wildman–Crippen MR) is 105 cm³/mol. The van der Waals surface area contributed by atoms with Crippen molar-refractivity contribution in [3.63, 3.8) is 0 Å². The maximum atomic E-state index is 4.98. The highest BCUT2D eigenvalue weighted by Gasteiger charge is 2.26. The summed E-state index contributed by atoms with van der Waals surface area (Å²) < 4.78 is 2.59. The molecular weight excluding hydrogens is 304 g/mol. The van der Waals surface area contributed by atoms with Crippen LogP contribution in [0.5, 0.6) is 0 Å². The maximum absolute atomic E-state index is 4.98. The number of fused-ring (bicyclic) bond motifs is 3. The van der Waals surface area contributed by atoms with Gasteiger partial charge in [0.1, 0.15) is 0 Å². The molecule has 5 rings (SSSR count). The number of aliphatic imine (C=N–C) groups is 1. The molecule has 25 heavy (non-hydrogen) atoms. The summed E-state index contributed by atoms with van der Waals surface area (Å²) in [7, 11) is 0. The molecular formula is C23H24N2. The molecule has 2 aromatic carbocycles. The number of hydrogen-bond donors (Lipinski definition) is 0. The Balaban J connectivity index is 1.79. The van der Waals surface area contributed by atoms with Gasteiger partial charge in [-0.2, -0.15) is 0 Å². The minimum absolute atomic E-state index is 0.902. The average molecular weight is 328 g/mol. The molecule has 2 aliphatic heterocycles. The number of aryl methyl sites for hydroxylation is 3. The van der Waals surface area contributed by atoms with E-state index in [0.29, 0.717) is 0 Å². The highest BCUT2D eigenvalue weighted by Crippen LogP contribution is 2.35. The summed E-state index contributed by atoms with van der Waals surface area (Å²) in [5.41, 5.74) is 9.67. The van der Waals surface area contributed by atoms with E-state index in [4.69, 9.17) is 4.99 Å². The topological polar surface area (TPSA) is 17.3 Å². The van der Waals surface area contributed by atoms with Crippen LogP contribution < -0.4 is 0 Å². The van der Waals surface area contributed by atoms with Crippen LogP contribution in [0.2, 0.25) is 0 Å². The van der Waals surface area contributed by atoms with E-state index in [-0.39, 0.29) is 0 Å². The zero-order valence-electron chi connectivity index (χ0n) is 14.9. The molecule has 2 aliphatic rings. The van der Waals surface area contributed by atoms with Crippen LogP contribution in [0.4, 0.5) is 0 Å². The van der Waals surface area contributed by atoms with E-state index in [1.165, 1.54) is 70.2 Å². The molecule has 0 spiro atoms. The highest BCUT2D eigenvalue weighted by molar-refractivity contribution is 6.16. The summed E-state index contributed by atoms with van der Waals surface area (Å²) in [6.45, 7) is 4.17. The van der Waals surface area contributed by atoms with Gasteiger partial charge in [-0.1, -0.05) is 54.4 Å². The molecule has 1 aromatic heterocycles. The SMILES string of the molecule is Cc1ccc(C2=NCCc3c2n2c4c(cccc34)CCCCC2)cc1. The summed E-state index contributed by atoms with van der Waals surface area (Å²) in [6.07, 6.45) is 6.17. The first-order valence-electron chi connectivity index (χ1n) is 9.58. The molecule has 126 valence electrons. The monoisotopic (exact) mass is 328 g/mol. The van der Waals surface area contributed by atoms with E-state index in [1.54, 1.807) is 0 Å². The van der Waals surface area contributed by atoms with Gasteiger partial charge in [0.15, 0.2) is 0 Å². The van der Waals surface area contributed by atoms with Gasteiger partial charge < -0.3 is 4.57 Å². The first-order valence-corrected chi connectivity index (χ1v) is 9.58. The first kappa shape index (κ1) is 14.9. The van der Waals surface area contributed by atoms with Crippen LogP contribution in [0.15, 0.2) is 47.5 Å². The molecule has 2 nitrogen and oxygen atoms in total. The van der Waals surface area contributed by atoms with Crippen LogP contribution in [0.1, 0.15) is 47.2 Å². The van der Waals surface area contributed by atoms with Crippen molar-refractivity contribution < 1.29 is 0 Å². The normalized spacial score (nSPS) is 16.9. The van der Waals surface area contributed by atoms with Gasteiger partial charge in [0.25, 0.3) is 0 Å². The minimum atomic E-state index is 0.902. The lowest BCUT2D eigenvalue weighted by atomic mass is 9.96. The Hall–Kier alpha value is -2.35. The van der Waals surface area contributed by atoms with Crippen molar-refractivity contribution in [3.05, 3.63) is 70.4 Å². The molecule has 2 heteroatoms. The molecule has 0 bridgehead atoms. The Kier molecular flexibility index (Phi) is 3.51.